The van der Waals surface area contributed by atoms with E-state index in [4.69, 9.17) is 0 Å². The van der Waals surface area contributed by atoms with Crippen molar-refractivity contribution in [2.24, 2.45) is 14.1 Å². The van der Waals surface area contributed by atoms with Gasteiger partial charge >= 0.3 is 5.69 Å². The third-order valence-electron chi connectivity index (χ3n) is 4.77. The number of carbonyl (C=O) groups excluding carboxylic acids is 1. The molecule has 2 aromatic carbocycles. The topological polar surface area (TPSA) is 56.0 Å². The molecule has 0 aliphatic rings. The molecule has 27 heavy (non-hydrogen) atoms. The number of fused-ring (bicyclic) bond motifs is 1. The summed E-state index contributed by atoms with van der Waals surface area (Å²) in [5, 5.41) is 3.06. The predicted octanol–water partition coefficient (Wildman–Crippen LogP) is 4.33. The molecule has 0 radical (unpaired) electrons. The van der Waals surface area contributed by atoms with E-state index in [1.54, 1.807) is 35.0 Å². The molecule has 0 unspecified atom stereocenters. The number of anilines is 1. The van der Waals surface area contributed by atoms with Crippen molar-refractivity contribution in [1.82, 2.24) is 9.13 Å². The predicted molar refractivity (Wildman–Crippen MR) is 113 cm³/mol. The van der Waals surface area contributed by atoms with Gasteiger partial charge in [0, 0.05) is 24.6 Å². The van der Waals surface area contributed by atoms with E-state index in [1.165, 1.54) is 0 Å². The maximum absolute atomic E-state index is 12.8. The van der Waals surface area contributed by atoms with Crippen molar-refractivity contribution in [3.63, 3.8) is 0 Å². The summed E-state index contributed by atoms with van der Waals surface area (Å²) >= 11 is 1.71. The highest BCUT2D eigenvalue weighted by Gasteiger charge is 2.16. The van der Waals surface area contributed by atoms with Crippen LogP contribution in [0.15, 0.2) is 46.1 Å². The van der Waals surface area contributed by atoms with E-state index >= 15 is 0 Å². The number of aryl methyl sites for hydroxylation is 3. The molecule has 1 amide bonds. The highest BCUT2D eigenvalue weighted by molar-refractivity contribution is 7.99. The highest BCUT2D eigenvalue weighted by atomic mass is 32.2. The fourth-order valence-electron chi connectivity index (χ4n) is 3.09. The lowest BCUT2D eigenvalue weighted by Crippen LogP contribution is -2.19. The van der Waals surface area contributed by atoms with Crippen molar-refractivity contribution in [3.05, 3.63) is 58.0 Å². The van der Waals surface area contributed by atoms with Crippen molar-refractivity contribution >= 4 is 34.4 Å². The summed E-state index contributed by atoms with van der Waals surface area (Å²) < 4.78 is 3.26. The molecule has 0 atom stereocenters. The summed E-state index contributed by atoms with van der Waals surface area (Å²) in [4.78, 5) is 26.1. The Bertz CT molecular complexity index is 1050. The quantitative estimate of drug-likeness (QED) is 0.509. The first-order valence-electron chi connectivity index (χ1n) is 9.13. The van der Waals surface area contributed by atoms with Gasteiger partial charge in [-0.25, -0.2) is 4.79 Å². The van der Waals surface area contributed by atoms with Crippen LogP contribution >= 0.6 is 11.8 Å². The molecule has 0 aliphatic heterocycles. The minimum absolute atomic E-state index is 0.0723. The summed E-state index contributed by atoms with van der Waals surface area (Å²) in [7, 11) is 3.53. The van der Waals surface area contributed by atoms with Gasteiger partial charge in [-0.05, 0) is 42.9 Å². The van der Waals surface area contributed by atoms with Crippen molar-refractivity contribution < 1.29 is 4.79 Å². The van der Waals surface area contributed by atoms with Gasteiger partial charge in [-0.1, -0.05) is 31.5 Å². The van der Waals surface area contributed by atoms with E-state index in [9.17, 15) is 9.59 Å². The lowest BCUT2D eigenvalue weighted by molar-refractivity contribution is 0.102. The first-order valence-corrected chi connectivity index (χ1v) is 10.1. The average molecular weight is 384 g/mol. The molecule has 0 saturated heterocycles. The van der Waals surface area contributed by atoms with Gasteiger partial charge in [-0.15, -0.1) is 11.8 Å². The highest BCUT2D eigenvalue weighted by Crippen LogP contribution is 2.32. The zero-order valence-electron chi connectivity index (χ0n) is 16.2. The van der Waals surface area contributed by atoms with E-state index in [1.807, 2.05) is 43.3 Å². The molecule has 1 aromatic heterocycles. The molecule has 0 aliphatic carbocycles. The Hall–Kier alpha value is -2.47. The molecule has 6 heteroatoms. The summed E-state index contributed by atoms with van der Waals surface area (Å²) in [6, 6.07) is 11.4. The lowest BCUT2D eigenvalue weighted by Gasteiger charge is -2.13. The first kappa shape index (κ1) is 19.3. The number of amides is 1. The van der Waals surface area contributed by atoms with Crippen LogP contribution in [0.3, 0.4) is 0 Å². The number of nitrogens with one attached hydrogen (secondary N) is 1. The average Bonchev–Trinajstić information content (AvgIpc) is 2.86. The van der Waals surface area contributed by atoms with E-state index < -0.39 is 0 Å². The van der Waals surface area contributed by atoms with E-state index in [-0.39, 0.29) is 11.6 Å². The molecular weight excluding hydrogens is 358 g/mol. The zero-order chi connectivity index (χ0) is 19.6. The van der Waals surface area contributed by atoms with Crippen LogP contribution in [0, 0.1) is 6.92 Å². The largest absolute Gasteiger partial charge is 0.328 e. The Morgan fingerprint density at radius 3 is 2.44 bits per heavy atom. The van der Waals surface area contributed by atoms with Crippen LogP contribution in [0.2, 0.25) is 0 Å². The molecule has 0 bridgehead atoms. The molecule has 0 saturated carbocycles. The number of imidazole rings is 1. The normalized spacial score (nSPS) is 11.1. The molecule has 1 heterocycles. The van der Waals surface area contributed by atoms with Crippen LogP contribution < -0.4 is 11.0 Å². The van der Waals surface area contributed by atoms with Crippen LogP contribution in [-0.4, -0.2) is 20.8 Å². The minimum atomic E-state index is -0.134. The van der Waals surface area contributed by atoms with E-state index in [0.29, 0.717) is 5.56 Å². The number of thioether (sulfide) groups is 1. The Kier molecular flexibility index (Phi) is 5.75. The Morgan fingerprint density at radius 2 is 1.78 bits per heavy atom. The molecule has 1 N–H and O–H groups in total. The SMILES string of the molecule is CCCCSc1cc2c(cc1NC(=O)c1ccccc1C)n(C)c(=O)n2C. The number of carbonyl (C=O) groups is 1. The standard InChI is InChI=1S/C21H25N3O2S/c1-5-6-11-27-19-13-18-17(23(3)21(26)24(18)4)12-16(19)22-20(25)15-10-8-7-9-14(15)2/h7-10,12-13H,5-6,11H2,1-4H3,(H,22,25). The third-order valence-corrected chi connectivity index (χ3v) is 5.91. The van der Waals surface area contributed by atoms with Gasteiger partial charge in [0.15, 0.2) is 0 Å². The number of hydrogen-bond donors (Lipinski definition) is 1. The summed E-state index contributed by atoms with van der Waals surface area (Å²) in [6.07, 6.45) is 2.21. The van der Waals surface area contributed by atoms with Crippen molar-refractivity contribution in [2.45, 2.75) is 31.6 Å². The van der Waals surface area contributed by atoms with Gasteiger partial charge in [0.05, 0.1) is 16.7 Å². The second kappa shape index (κ2) is 8.05. The minimum Gasteiger partial charge on any atom is -0.321 e. The van der Waals surface area contributed by atoms with E-state index in [2.05, 4.69) is 12.2 Å². The summed E-state index contributed by atoms with van der Waals surface area (Å²) in [5.74, 6) is 0.835. The third kappa shape index (κ3) is 3.81. The van der Waals surface area contributed by atoms with Gasteiger partial charge in [-0.2, -0.15) is 0 Å². The molecule has 3 rings (SSSR count). The number of aromatic nitrogens is 2. The Balaban J connectivity index is 2.04. The van der Waals surface area contributed by atoms with Crippen LogP contribution in [0.1, 0.15) is 35.7 Å². The zero-order valence-corrected chi connectivity index (χ0v) is 17.0. The smallest absolute Gasteiger partial charge is 0.321 e. The van der Waals surface area contributed by atoms with Gasteiger partial charge in [0.25, 0.3) is 5.91 Å². The molecule has 0 spiro atoms. The molecular formula is C21H25N3O2S. The van der Waals surface area contributed by atoms with E-state index in [0.717, 1.165) is 45.8 Å². The monoisotopic (exact) mass is 383 g/mol. The van der Waals surface area contributed by atoms with Crippen LogP contribution in [0.4, 0.5) is 5.69 Å². The number of unbranched alkanes of at least 4 members (excludes halogenated alkanes) is 1. The number of rotatable bonds is 6. The van der Waals surface area contributed by atoms with Crippen LogP contribution in [-0.2, 0) is 14.1 Å². The van der Waals surface area contributed by atoms with Gasteiger partial charge < -0.3 is 5.32 Å². The number of hydrogen-bond acceptors (Lipinski definition) is 3. The number of benzene rings is 2. The fraction of sp³-hybridized carbons (Fsp3) is 0.333. The lowest BCUT2D eigenvalue weighted by atomic mass is 10.1. The van der Waals surface area contributed by atoms with Crippen LogP contribution in [0.25, 0.3) is 11.0 Å². The maximum Gasteiger partial charge on any atom is 0.328 e. The van der Waals surface area contributed by atoms with Crippen LogP contribution in [0.5, 0.6) is 0 Å². The van der Waals surface area contributed by atoms with Gasteiger partial charge in [-0.3, -0.25) is 13.9 Å². The van der Waals surface area contributed by atoms with Crippen molar-refractivity contribution in [3.8, 4) is 0 Å². The van der Waals surface area contributed by atoms with Crippen molar-refractivity contribution in [1.29, 1.82) is 0 Å². The molecule has 0 fully saturated rings. The Labute approximate surface area is 163 Å². The molecule has 3 aromatic rings. The molecule has 142 valence electrons. The second-order valence-corrected chi connectivity index (χ2v) is 7.85. The van der Waals surface area contributed by atoms with Gasteiger partial charge in [0.2, 0.25) is 0 Å². The maximum atomic E-state index is 12.8. The fourth-order valence-corrected chi connectivity index (χ4v) is 4.20. The van der Waals surface area contributed by atoms with Gasteiger partial charge in [0.1, 0.15) is 0 Å². The Morgan fingerprint density at radius 1 is 1.11 bits per heavy atom. The molecule has 5 nitrogen and oxygen atoms in total. The van der Waals surface area contributed by atoms with Crippen molar-refractivity contribution in [2.75, 3.05) is 11.1 Å². The number of nitrogens with zero attached hydrogens (tertiary/aromatic N) is 2. The second-order valence-electron chi connectivity index (χ2n) is 6.71. The summed E-state index contributed by atoms with van der Waals surface area (Å²) in [5.41, 5.74) is 3.94. The first-order chi connectivity index (χ1) is 12.9. The summed E-state index contributed by atoms with van der Waals surface area (Å²) in [6.45, 7) is 4.08.